The molecule has 8 heteroatoms. The number of sulfonamides is 2. The molecule has 2 N–H and O–H groups in total. The first kappa shape index (κ1) is 28.3. The summed E-state index contributed by atoms with van der Waals surface area (Å²) in [6, 6.07) is 17.5. The normalized spacial score (nSPS) is 30.0. The zero-order valence-electron chi connectivity index (χ0n) is 25.1. The van der Waals surface area contributed by atoms with Crippen LogP contribution < -0.4 is 9.44 Å². The maximum absolute atomic E-state index is 13.8. The number of hydrogen-bond acceptors (Lipinski definition) is 4. The van der Waals surface area contributed by atoms with E-state index in [-0.39, 0.29) is 32.5 Å². The van der Waals surface area contributed by atoms with Crippen LogP contribution in [0.15, 0.2) is 70.5 Å². The van der Waals surface area contributed by atoms with Crippen molar-refractivity contribution >= 4 is 20.0 Å². The minimum Gasteiger partial charge on any atom is -0.207 e. The molecule has 42 heavy (non-hydrogen) atoms. The Morgan fingerprint density at radius 2 is 0.905 bits per heavy atom. The summed E-state index contributed by atoms with van der Waals surface area (Å²) < 4.78 is 61.7. The molecule has 6 aliphatic carbocycles. The van der Waals surface area contributed by atoms with Gasteiger partial charge in [0, 0.05) is 0 Å². The molecule has 0 amide bonds. The van der Waals surface area contributed by atoms with Crippen molar-refractivity contribution in [2.75, 3.05) is 0 Å². The highest BCUT2D eigenvalue weighted by atomic mass is 32.2. The van der Waals surface area contributed by atoms with Gasteiger partial charge in [-0.05, 0) is 108 Å². The first-order chi connectivity index (χ1) is 19.6. The van der Waals surface area contributed by atoms with E-state index in [1.807, 2.05) is 38.1 Å². The smallest absolute Gasteiger partial charge is 0.207 e. The van der Waals surface area contributed by atoms with Crippen molar-refractivity contribution in [2.45, 2.75) is 88.1 Å². The fraction of sp³-hybridized carbons (Fsp3) is 0.471. The summed E-state index contributed by atoms with van der Waals surface area (Å²) in [6.07, 6.45) is 1.83. The van der Waals surface area contributed by atoms with Crippen LogP contribution in [0.3, 0.4) is 0 Å². The number of hydrogen-bond donors (Lipinski definition) is 2. The third-order valence-electron chi connectivity index (χ3n) is 11.4. The molecule has 0 heterocycles. The monoisotopic (exact) mass is 604 g/mol. The zero-order chi connectivity index (χ0) is 30.0. The van der Waals surface area contributed by atoms with Crippen molar-refractivity contribution in [1.82, 2.24) is 9.44 Å². The Balaban J connectivity index is 1.38. The Hall–Kier alpha value is -2.52. The van der Waals surface area contributed by atoms with E-state index in [1.54, 1.807) is 24.3 Å². The molecule has 4 bridgehead atoms. The van der Waals surface area contributed by atoms with E-state index < -0.39 is 32.1 Å². The summed E-state index contributed by atoms with van der Waals surface area (Å²) >= 11 is 0. The predicted molar refractivity (Wildman–Crippen MR) is 164 cm³/mol. The van der Waals surface area contributed by atoms with Crippen molar-refractivity contribution in [3.05, 3.63) is 94.0 Å². The highest BCUT2D eigenvalue weighted by Gasteiger charge is 2.62. The van der Waals surface area contributed by atoms with Crippen molar-refractivity contribution in [1.29, 1.82) is 0 Å². The molecule has 2 saturated carbocycles. The SMILES string of the molecule is Cc1ccc(S(=O)(=O)N[C@@H]2c3c(ccc4c3[C@@H](NS(=O)(=O)c3ccc(C)cc3)C3CC4C3(C)C)C3CC2C3(C)C)cc1. The van der Waals surface area contributed by atoms with Crippen LogP contribution in [0.25, 0.3) is 0 Å². The van der Waals surface area contributed by atoms with Gasteiger partial charge in [0.25, 0.3) is 0 Å². The molecular weight excluding hydrogens is 565 g/mol. The molecule has 4 unspecified atom stereocenters. The highest BCUT2D eigenvalue weighted by Crippen LogP contribution is 2.71. The Kier molecular flexibility index (Phi) is 6.06. The third kappa shape index (κ3) is 3.94. The molecule has 6 atom stereocenters. The van der Waals surface area contributed by atoms with Crippen LogP contribution in [-0.2, 0) is 20.0 Å². The van der Waals surface area contributed by atoms with E-state index in [0.717, 1.165) is 46.2 Å². The number of nitrogens with one attached hydrogen (secondary N) is 2. The van der Waals surface area contributed by atoms with Gasteiger partial charge in [-0.3, -0.25) is 0 Å². The van der Waals surface area contributed by atoms with Crippen molar-refractivity contribution < 1.29 is 16.8 Å². The molecule has 0 aromatic heterocycles. The first-order valence-electron chi connectivity index (χ1n) is 15.0. The number of aryl methyl sites for hydroxylation is 2. The van der Waals surface area contributed by atoms with Crippen molar-refractivity contribution in [3.63, 3.8) is 0 Å². The number of rotatable bonds is 6. The van der Waals surface area contributed by atoms with Gasteiger partial charge >= 0.3 is 0 Å². The lowest BCUT2D eigenvalue weighted by atomic mass is 9.42. The van der Waals surface area contributed by atoms with Crippen LogP contribution >= 0.6 is 0 Å². The molecular formula is C34H40N2O4S2. The molecule has 3 aromatic rings. The molecule has 6 aliphatic rings. The summed E-state index contributed by atoms with van der Waals surface area (Å²) in [6.45, 7) is 12.8. The molecule has 222 valence electrons. The van der Waals surface area contributed by atoms with Gasteiger partial charge in [0.05, 0.1) is 21.9 Å². The summed E-state index contributed by atoms with van der Waals surface area (Å²) in [5.74, 6) is 0.844. The molecule has 9 rings (SSSR count). The van der Waals surface area contributed by atoms with Gasteiger partial charge in [-0.25, -0.2) is 26.3 Å². The average molecular weight is 605 g/mol. The van der Waals surface area contributed by atoms with Crippen LogP contribution in [0.2, 0.25) is 0 Å². The zero-order valence-corrected chi connectivity index (χ0v) is 26.7. The van der Waals surface area contributed by atoms with E-state index in [2.05, 4.69) is 49.3 Å². The van der Waals surface area contributed by atoms with Gasteiger partial charge in [-0.2, -0.15) is 0 Å². The second-order valence-electron chi connectivity index (χ2n) is 14.3. The van der Waals surface area contributed by atoms with Gasteiger partial charge < -0.3 is 0 Å². The fourth-order valence-corrected chi connectivity index (χ4v) is 11.2. The topological polar surface area (TPSA) is 92.3 Å². The van der Waals surface area contributed by atoms with Gasteiger partial charge in [-0.15, -0.1) is 0 Å². The standard InChI is InChI=1S/C34H40N2O4S2/c1-19-7-11-21(12-8-19)41(37,38)35-31-27-17-25(33(27,3)4)23-15-16-24-26-18-28(34(26,5)6)32(30(24)29(23)31)36-42(39,40)22-13-9-20(2)10-14-22/h7-16,25-28,31-32,35-36H,17-18H2,1-6H3/t25?,26?,27?,28?,31-,32-/m0/s1. The predicted octanol–water partition coefficient (Wildman–Crippen LogP) is 6.63. The van der Waals surface area contributed by atoms with Gasteiger partial charge in [0.1, 0.15) is 0 Å². The average Bonchev–Trinajstić information content (AvgIpc) is 2.92. The lowest BCUT2D eigenvalue weighted by Crippen LogP contribution is -2.58. The second kappa shape index (κ2) is 9.00. The third-order valence-corrected chi connectivity index (χ3v) is 14.4. The van der Waals surface area contributed by atoms with E-state index in [0.29, 0.717) is 11.8 Å². The summed E-state index contributed by atoms with van der Waals surface area (Å²) in [4.78, 5) is 0.499. The minimum absolute atomic E-state index is 0.0740. The molecule has 0 radical (unpaired) electrons. The van der Waals surface area contributed by atoms with Crippen LogP contribution in [-0.4, -0.2) is 16.8 Å². The maximum Gasteiger partial charge on any atom is 0.241 e. The van der Waals surface area contributed by atoms with Crippen molar-refractivity contribution in [2.24, 2.45) is 22.7 Å². The summed E-state index contributed by atoms with van der Waals surface area (Å²) in [5, 5.41) is 0. The van der Waals surface area contributed by atoms with Crippen molar-refractivity contribution in [3.8, 4) is 0 Å². The van der Waals surface area contributed by atoms with Gasteiger partial charge in [-0.1, -0.05) is 75.2 Å². The Morgan fingerprint density at radius 3 is 1.21 bits per heavy atom. The van der Waals surface area contributed by atoms with E-state index in [9.17, 15) is 16.8 Å². The maximum atomic E-state index is 13.8. The second-order valence-corrected chi connectivity index (χ2v) is 17.8. The van der Waals surface area contributed by atoms with E-state index >= 15 is 0 Å². The van der Waals surface area contributed by atoms with Crippen LogP contribution in [0.4, 0.5) is 0 Å². The quantitative estimate of drug-likeness (QED) is 0.330. The minimum atomic E-state index is -3.82. The molecule has 0 spiro atoms. The highest BCUT2D eigenvalue weighted by molar-refractivity contribution is 7.89. The largest absolute Gasteiger partial charge is 0.241 e. The molecule has 0 saturated heterocycles. The van der Waals surface area contributed by atoms with Gasteiger partial charge in [0.15, 0.2) is 0 Å². The summed E-state index contributed by atoms with van der Waals surface area (Å²) in [7, 11) is -7.64. The Labute approximate surface area is 250 Å². The van der Waals surface area contributed by atoms with E-state index in [1.165, 1.54) is 0 Å². The van der Waals surface area contributed by atoms with Crippen LogP contribution in [0.5, 0.6) is 0 Å². The number of benzene rings is 3. The Bertz CT molecular complexity index is 1680. The van der Waals surface area contributed by atoms with Crippen LogP contribution in [0, 0.1) is 36.5 Å². The van der Waals surface area contributed by atoms with Crippen LogP contribution in [0.1, 0.15) is 97.8 Å². The molecule has 2 fully saturated rings. The summed E-state index contributed by atoms with van der Waals surface area (Å²) in [5.41, 5.74) is 6.19. The molecule has 6 nitrogen and oxygen atoms in total. The lowest BCUT2D eigenvalue weighted by Gasteiger charge is -2.64. The molecule has 3 aromatic carbocycles. The molecule has 0 aliphatic heterocycles. The lowest BCUT2D eigenvalue weighted by molar-refractivity contribution is -0.0213. The first-order valence-corrected chi connectivity index (χ1v) is 17.9. The fourth-order valence-electron chi connectivity index (χ4n) is 8.67. The van der Waals surface area contributed by atoms with Gasteiger partial charge in [0.2, 0.25) is 20.0 Å². The van der Waals surface area contributed by atoms with E-state index in [4.69, 9.17) is 0 Å². The Morgan fingerprint density at radius 1 is 0.571 bits per heavy atom.